The normalized spacial score (nSPS) is 4.73. The van der Waals surface area contributed by atoms with E-state index in [4.69, 9.17) is 10.2 Å². The molecule has 0 heterocycles. The van der Waals surface area contributed by atoms with Gasteiger partial charge in [-0.3, -0.25) is 0 Å². The third kappa shape index (κ3) is 33.4. The fraction of sp³-hybridized carbons (Fsp3) is 0. The Balaban J connectivity index is -0.0000000300. The van der Waals surface area contributed by atoms with Crippen molar-refractivity contribution in [3.63, 3.8) is 0 Å². The topological polar surface area (TPSA) is 147 Å². The van der Waals surface area contributed by atoms with Gasteiger partial charge in [0.1, 0.15) is 0 Å². The molecule has 0 aromatic heterocycles. The van der Waals surface area contributed by atoms with Crippen molar-refractivity contribution in [3.8, 4) is 0 Å². The molecular formula is C2H8K2O7. The summed E-state index contributed by atoms with van der Waals surface area (Å²) < 4.78 is 3.08. The summed E-state index contributed by atoms with van der Waals surface area (Å²) in [6.45, 7) is 0. The molecule has 0 spiro atoms. The van der Waals surface area contributed by atoms with Crippen molar-refractivity contribution in [1.29, 1.82) is 0 Å². The average molecular weight is 222 g/mol. The Hall–Kier alpha value is 1.93. The van der Waals surface area contributed by atoms with Gasteiger partial charge in [-0.15, -0.1) is 0 Å². The summed E-state index contributed by atoms with van der Waals surface area (Å²) in [7, 11) is 0. The zero-order chi connectivity index (χ0) is 5.86. The van der Waals surface area contributed by atoms with E-state index >= 15 is 0 Å². The summed E-state index contributed by atoms with van der Waals surface area (Å²) in [5.74, 6) is 0. The number of hydrogen-bond donors (Lipinski definition) is 2. The Morgan fingerprint density at radius 3 is 1.09 bits per heavy atom. The van der Waals surface area contributed by atoms with E-state index in [2.05, 4.69) is 4.74 Å². The predicted molar refractivity (Wildman–Crippen MR) is 38.7 cm³/mol. The van der Waals surface area contributed by atoms with Crippen molar-refractivity contribution in [2.24, 2.45) is 0 Å². The molecule has 0 aliphatic carbocycles. The van der Waals surface area contributed by atoms with Crippen LogP contribution in [0.15, 0.2) is 0 Å². The Morgan fingerprint density at radius 1 is 0.909 bits per heavy atom. The summed E-state index contributed by atoms with van der Waals surface area (Å²) in [5, 5.41) is 15.0. The number of carbonyl (C=O) groups is 2. The van der Waals surface area contributed by atoms with E-state index < -0.39 is 12.3 Å². The third-order valence-corrected chi connectivity index (χ3v) is 0.175. The fourth-order valence-corrected chi connectivity index (χ4v) is 0.0747. The zero-order valence-corrected chi connectivity index (χ0v) is 4.12. The molecule has 0 bridgehead atoms. The molecule has 0 fully saturated rings. The zero-order valence-electron chi connectivity index (χ0n) is 4.12. The summed E-state index contributed by atoms with van der Waals surface area (Å²) >= 11 is 0. The van der Waals surface area contributed by atoms with Crippen LogP contribution < -0.4 is 0 Å². The third-order valence-electron chi connectivity index (χ3n) is 0.175. The molecule has 0 rings (SSSR count). The molecule has 0 aliphatic rings. The minimum atomic E-state index is -1.81. The summed E-state index contributed by atoms with van der Waals surface area (Å²) in [6.07, 6.45) is -3.62. The van der Waals surface area contributed by atoms with E-state index in [-0.39, 0.29) is 114 Å². The Kier molecular flexibility index (Phi) is 47.6. The number of hydrogen-bond acceptors (Lipinski definition) is 3. The first-order chi connectivity index (χ1) is 3.13. The molecule has 9 heteroatoms. The Bertz CT molecular complexity index is 90.6. The van der Waals surface area contributed by atoms with Crippen molar-refractivity contribution >= 4 is 115 Å². The van der Waals surface area contributed by atoms with Crippen molar-refractivity contribution < 1.29 is 35.5 Å². The Morgan fingerprint density at radius 2 is 1.09 bits per heavy atom. The van der Waals surface area contributed by atoms with Gasteiger partial charge in [-0.05, 0) is 0 Å². The molecule has 0 aliphatic heterocycles. The number of ether oxygens (including phenoxy) is 1. The molecule has 11 heavy (non-hydrogen) atoms. The van der Waals surface area contributed by atoms with Gasteiger partial charge in [0.15, 0.2) is 0 Å². The summed E-state index contributed by atoms with van der Waals surface area (Å²) in [4.78, 5) is 18.4. The predicted octanol–water partition coefficient (Wildman–Crippen LogP) is -2.59. The molecule has 60 valence electrons. The first-order valence-electron chi connectivity index (χ1n) is 1.26. The summed E-state index contributed by atoms with van der Waals surface area (Å²) in [6, 6.07) is 0. The van der Waals surface area contributed by atoms with Crippen LogP contribution in [0.3, 0.4) is 0 Å². The van der Waals surface area contributed by atoms with Crippen molar-refractivity contribution in [2.45, 2.75) is 0 Å². The van der Waals surface area contributed by atoms with Gasteiger partial charge in [-0.2, -0.15) is 0 Å². The van der Waals surface area contributed by atoms with E-state index in [1.165, 1.54) is 0 Å². The monoisotopic (exact) mass is 222 g/mol. The minimum absolute atomic E-state index is 0. The molecule has 0 saturated heterocycles. The van der Waals surface area contributed by atoms with Crippen LogP contribution in [0.25, 0.3) is 0 Å². The van der Waals surface area contributed by atoms with Crippen molar-refractivity contribution in [2.75, 3.05) is 0 Å². The first kappa shape index (κ1) is 29.3. The first-order valence-corrected chi connectivity index (χ1v) is 1.26. The van der Waals surface area contributed by atoms with Gasteiger partial charge < -0.3 is 25.9 Å². The van der Waals surface area contributed by atoms with E-state index in [0.717, 1.165) is 0 Å². The van der Waals surface area contributed by atoms with Gasteiger partial charge in [0.2, 0.25) is 0 Å². The fourth-order valence-electron chi connectivity index (χ4n) is 0.0747. The van der Waals surface area contributed by atoms with Crippen LogP contribution in [-0.2, 0) is 4.74 Å². The number of carboxylic acid groups (broad SMARTS) is 2. The SMILES string of the molecule is O.O.O=C(O)OC(=O)O.[KH].[KH]. The quantitative estimate of drug-likeness (QED) is 0.262. The van der Waals surface area contributed by atoms with Crippen molar-refractivity contribution in [3.05, 3.63) is 0 Å². The van der Waals surface area contributed by atoms with E-state index in [1.807, 2.05) is 0 Å². The van der Waals surface area contributed by atoms with Crippen LogP contribution in [0, 0.1) is 0 Å². The van der Waals surface area contributed by atoms with Gasteiger partial charge in [0.05, 0.1) is 0 Å². The van der Waals surface area contributed by atoms with E-state index in [1.54, 1.807) is 0 Å². The van der Waals surface area contributed by atoms with Gasteiger partial charge in [0, 0.05) is 0 Å². The maximum atomic E-state index is 9.21. The molecule has 0 saturated carbocycles. The van der Waals surface area contributed by atoms with Crippen LogP contribution in [0.5, 0.6) is 0 Å². The average Bonchev–Trinajstić information content (AvgIpc) is 1.27. The van der Waals surface area contributed by atoms with Crippen LogP contribution in [0.2, 0.25) is 0 Å². The van der Waals surface area contributed by atoms with Gasteiger partial charge in [0.25, 0.3) is 0 Å². The molecule has 0 aromatic rings. The molecule has 0 radical (unpaired) electrons. The second-order valence-corrected chi connectivity index (χ2v) is 0.634. The van der Waals surface area contributed by atoms with Crippen LogP contribution in [-0.4, -0.2) is 136 Å². The molecule has 0 amide bonds. The van der Waals surface area contributed by atoms with Gasteiger partial charge >= 0.3 is 115 Å². The molecule has 0 aromatic carbocycles. The second kappa shape index (κ2) is 17.9. The Labute approximate surface area is 147 Å². The van der Waals surface area contributed by atoms with Gasteiger partial charge in [-0.25, -0.2) is 9.59 Å². The summed E-state index contributed by atoms with van der Waals surface area (Å²) in [5.41, 5.74) is 0. The van der Waals surface area contributed by atoms with E-state index in [0.29, 0.717) is 0 Å². The van der Waals surface area contributed by atoms with Gasteiger partial charge in [-0.1, -0.05) is 0 Å². The van der Waals surface area contributed by atoms with E-state index in [9.17, 15) is 9.59 Å². The molecule has 0 unspecified atom stereocenters. The molecular weight excluding hydrogens is 214 g/mol. The second-order valence-electron chi connectivity index (χ2n) is 0.634. The van der Waals surface area contributed by atoms with Crippen LogP contribution in [0.4, 0.5) is 9.59 Å². The molecule has 0 atom stereocenters. The standard InChI is InChI=1S/C2H2O5.2K.2H2O.2H/c3-1(4)7-2(5)6;;;;;;/h(H,3,4)(H,5,6);;;2*1H2;;. The van der Waals surface area contributed by atoms with Crippen LogP contribution >= 0.6 is 0 Å². The van der Waals surface area contributed by atoms with Crippen molar-refractivity contribution in [1.82, 2.24) is 0 Å². The van der Waals surface area contributed by atoms with Crippen LogP contribution in [0.1, 0.15) is 0 Å². The maximum absolute atomic E-state index is 9.21. The number of rotatable bonds is 0. The molecule has 7 nitrogen and oxygen atoms in total. The molecule has 6 N–H and O–H groups in total.